The van der Waals surface area contributed by atoms with Gasteiger partial charge in [0.25, 0.3) is 0 Å². The minimum absolute atomic E-state index is 0.574. The van der Waals surface area contributed by atoms with Gasteiger partial charge in [-0.25, -0.2) is 9.97 Å². The van der Waals surface area contributed by atoms with Gasteiger partial charge in [0.2, 0.25) is 5.95 Å². The Hall–Kier alpha value is -0.390. The first kappa shape index (κ1) is 10.1. The summed E-state index contributed by atoms with van der Waals surface area (Å²) >= 11 is 2.21. The number of rotatable bonds is 2. The van der Waals surface area contributed by atoms with Crippen molar-refractivity contribution >= 4 is 28.5 Å². The molecule has 0 radical (unpaired) electrons. The molecule has 0 aromatic carbocycles. The van der Waals surface area contributed by atoms with Crippen LogP contribution in [0.2, 0.25) is 0 Å². The fraction of sp³-hybridized carbons (Fsp3) is 0.600. The van der Waals surface area contributed by atoms with Crippen LogP contribution in [-0.2, 0) is 0 Å². The topological polar surface area (TPSA) is 37.8 Å². The van der Waals surface area contributed by atoms with Crippen LogP contribution in [0.5, 0.6) is 0 Å². The maximum atomic E-state index is 4.24. The first-order valence-corrected chi connectivity index (χ1v) is 6.06. The molecule has 76 valence electrons. The number of hydrogen-bond acceptors (Lipinski definition) is 3. The molecule has 1 aromatic rings. The predicted molar refractivity (Wildman–Crippen MR) is 65.2 cm³/mol. The van der Waals surface area contributed by atoms with Gasteiger partial charge in [0.15, 0.2) is 0 Å². The van der Waals surface area contributed by atoms with Gasteiger partial charge in [-0.2, -0.15) is 0 Å². The van der Waals surface area contributed by atoms with Crippen molar-refractivity contribution in [3.05, 3.63) is 16.0 Å². The number of hydrogen-bond donors (Lipinski definition) is 1. The highest BCUT2D eigenvalue weighted by Gasteiger charge is 2.21. The maximum absolute atomic E-state index is 4.24. The molecule has 1 N–H and O–H groups in total. The summed E-state index contributed by atoms with van der Waals surface area (Å²) in [6.45, 7) is 2.30. The third-order valence-electron chi connectivity index (χ3n) is 2.65. The first-order chi connectivity index (χ1) is 6.74. The second-order valence-electron chi connectivity index (χ2n) is 3.98. The molecule has 2 unspecified atom stereocenters. The molecule has 0 aliphatic heterocycles. The van der Waals surface area contributed by atoms with Gasteiger partial charge in [-0.05, 0) is 47.8 Å². The smallest absolute Gasteiger partial charge is 0.222 e. The van der Waals surface area contributed by atoms with Crippen LogP contribution >= 0.6 is 22.6 Å². The number of aromatic nitrogens is 2. The van der Waals surface area contributed by atoms with E-state index in [0.29, 0.717) is 6.04 Å². The summed E-state index contributed by atoms with van der Waals surface area (Å²) in [7, 11) is 0. The van der Waals surface area contributed by atoms with Gasteiger partial charge >= 0.3 is 0 Å². The fourth-order valence-corrected chi connectivity index (χ4v) is 2.19. The summed E-state index contributed by atoms with van der Waals surface area (Å²) in [5.41, 5.74) is 0. The van der Waals surface area contributed by atoms with Gasteiger partial charge < -0.3 is 5.32 Å². The normalized spacial score (nSPS) is 26.4. The van der Waals surface area contributed by atoms with Crippen LogP contribution in [-0.4, -0.2) is 16.0 Å². The van der Waals surface area contributed by atoms with Crippen molar-refractivity contribution in [3.63, 3.8) is 0 Å². The van der Waals surface area contributed by atoms with Gasteiger partial charge in [-0.1, -0.05) is 6.92 Å². The van der Waals surface area contributed by atoms with Crippen molar-refractivity contribution in [1.82, 2.24) is 9.97 Å². The third-order valence-corrected chi connectivity index (χ3v) is 3.21. The second-order valence-corrected chi connectivity index (χ2v) is 5.23. The molecule has 0 amide bonds. The average Bonchev–Trinajstić information content (AvgIpc) is 2.56. The van der Waals surface area contributed by atoms with Crippen LogP contribution in [0, 0.1) is 9.49 Å². The van der Waals surface area contributed by atoms with Gasteiger partial charge in [0.05, 0.1) is 0 Å². The summed E-state index contributed by atoms with van der Waals surface area (Å²) in [5, 5.41) is 3.37. The van der Waals surface area contributed by atoms with Crippen molar-refractivity contribution < 1.29 is 0 Å². The molecule has 3 nitrogen and oxygen atoms in total. The zero-order chi connectivity index (χ0) is 9.97. The van der Waals surface area contributed by atoms with Crippen LogP contribution in [0.1, 0.15) is 26.2 Å². The second kappa shape index (κ2) is 4.42. The molecule has 14 heavy (non-hydrogen) atoms. The van der Waals surface area contributed by atoms with Gasteiger partial charge in [-0.3, -0.25) is 0 Å². The predicted octanol–water partition coefficient (Wildman–Crippen LogP) is 2.68. The van der Waals surface area contributed by atoms with Crippen LogP contribution in [0.3, 0.4) is 0 Å². The molecular weight excluding hydrogens is 289 g/mol. The Labute approximate surface area is 97.9 Å². The summed E-state index contributed by atoms with van der Waals surface area (Å²) in [6, 6.07) is 0.574. The highest BCUT2D eigenvalue weighted by Crippen LogP contribution is 2.26. The van der Waals surface area contributed by atoms with E-state index in [4.69, 9.17) is 0 Å². The molecule has 2 atom stereocenters. The van der Waals surface area contributed by atoms with Gasteiger partial charge in [0.1, 0.15) is 0 Å². The van der Waals surface area contributed by atoms with Crippen molar-refractivity contribution in [2.75, 3.05) is 5.32 Å². The average molecular weight is 303 g/mol. The molecule has 0 saturated heterocycles. The van der Waals surface area contributed by atoms with Crippen molar-refractivity contribution in [2.45, 2.75) is 32.2 Å². The molecule has 1 saturated carbocycles. The number of nitrogens with zero attached hydrogens (tertiary/aromatic N) is 2. The van der Waals surface area contributed by atoms with Crippen LogP contribution < -0.4 is 5.32 Å². The Morgan fingerprint density at radius 3 is 2.64 bits per heavy atom. The molecular formula is C10H14IN3. The lowest BCUT2D eigenvalue weighted by Crippen LogP contribution is -2.17. The van der Waals surface area contributed by atoms with E-state index in [-0.39, 0.29) is 0 Å². The van der Waals surface area contributed by atoms with Crippen molar-refractivity contribution in [2.24, 2.45) is 5.92 Å². The highest BCUT2D eigenvalue weighted by molar-refractivity contribution is 14.1. The molecule has 0 bridgehead atoms. The fourth-order valence-electron chi connectivity index (χ4n) is 1.91. The van der Waals surface area contributed by atoms with Crippen LogP contribution in [0.4, 0.5) is 5.95 Å². The SMILES string of the molecule is CC1CCC(Nc2ncc(I)cn2)C1. The van der Waals surface area contributed by atoms with E-state index in [0.717, 1.165) is 15.4 Å². The Kier molecular flexibility index (Phi) is 3.20. The summed E-state index contributed by atoms with van der Waals surface area (Å²) in [4.78, 5) is 8.47. The van der Waals surface area contributed by atoms with E-state index in [1.165, 1.54) is 19.3 Å². The van der Waals surface area contributed by atoms with Crippen LogP contribution in [0.25, 0.3) is 0 Å². The van der Waals surface area contributed by atoms with E-state index >= 15 is 0 Å². The molecule has 4 heteroatoms. The minimum atomic E-state index is 0.574. The Morgan fingerprint density at radius 2 is 2.07 bits per heavy atom. The molecule has 1 heterocycles. The zero-order valence-electron chi connectivity index (χ0n) is 8.20. The molecule has 1 aromatic heterocycles. The molecule has 1 fully saturated rings. The van der Waals surface area contributed by atoms with Gasteiger partial charge in [0, 0.05) is 22.0 Å². The molecule has 1 aliphatic rings. The van der Waals surface area contributed by atoms with E-state index in [1.807, 2.05) is 12.4 Å². The standard InChI is InChI=1S/C10H14IN3/c1-7-2-3-9(4-7)14-10-12-5-8(11)6-13-10/h5-7,9H,2-4H2,1H3,(H,12,13,14). The van der Waals surface area contributed by atoms with Crippen molar-refractivity contribution in [3.8, 4) is 0 Å². The zero-order valence-corrected chi connectivity index (χ0v) is 10.4. The summed E-state index contributed by atoms with van der Waals surface area (Å²) in [5.74, 6) is 1.61. The van der Waals surface area contributed by atoms with Crippen molar-refractivity contribution in [1.29, 1.82) is 0 Å². The summed E-state index contributed by atoms with van der Waals surface area (Å²) < 4.78 is 1.08. The Morgan fingerprint density at radius 1 is 1.36 bits per heavy atom. The lowest BCUT2D eigenvalue weighted by molar-refractivity contribution is 0.601. The van der Waals surface area contributed by atoms with Gasteiger partial charge in [-0.15, -0.1) is 0 Å². The Balaban J connectivity index is 1.94. The number of halogens is 1. The number of nitrogens with one attached hydrogen (secondary N) is 1. The highest BCUT2D eigenvalue weighted by atomic mass is 127. The molecule has 0 spiro atoms. The molecule has 1 aliphatic carbocycles. The Bertz CT molecular complexity index is 299. The third kappa shape index (κ3) is 2.56. The largest absolute Gasteiger partial charge is 0.351 e. The van der Waals surface area contributed by atoms with E-state index in [1.54, 1.807) is 0 Å². The van der Waals surface area contributed by atoms with Crippen LogP contribution in [0.15, 0.2) is 12.4 Å². The first-order valence-electron chi connectivity index (χ1n) is 4.98. The molecule has 2 rings (SSSR count). The lowest BCUT2D eigenvalue weighted by Gasteiger charge is -2.11. The maximum Gasteiger partial charge on any atom is 0.222 e. The quantitative estimate of drug-likeness (QED) is 0.854. The van der Waals surface area contributed by atoms with E-state index < -0.39 is 0 Å². The lowest BCUT2D eigenvalue weighted by atomic mass is 10.1. The van der Waals surface area contributed by atoms with E-state index in [2.05, 4.69) is 44.8 Å². The monoisotopic (exact) mass is 303 g/mol. The number of anilines is 1. The summed E-state index contributed by atoms with van der Waals surface area (Å²) in [6.07, 6.45) is 7.50. The minimum Gasteiger partial charge on any atom is -0.351 e. The van der Waals surface area contributed by atoms with E-state index in [9.17, 15) is 0 Å².